The topological polar surface area (TPSA) is 20.3 Å². The summed E-state index contributed by atoms with van der Waals surface area (Å²) in [5, 5.41) is 0. The minimum atomic E-state index is 0.226. The molecule has 0 spiro atoms. The van der Waals surface area contributed by atoms with Gasteiger partial charge in [0, 0.05) is 19.7 Å². The van der Waals surface area contributed by atoms with Crippen molar-refractivity contribution < 1.29 is 4.79 Å². The first kappa shape index (κ1) is 16.4. The summed E-state index contributed by atoms with van der Waals surface area (Å²) in [6.07, 6.45) is 13.4. The van der Waals surface area contributed by atoms with Gasteiger partial charge in [0.25, 0.3) is 0 Å². The molecule has 3 aliphatic carbocycles. The lowest BCUT2D eigenvalue weighted by molar-refractivity contribution is -0.124. The predicted molar refractivity (Wildman–Crippen MR) is 98.5 cm³/mol. The molecule has 0 aromatic carbocycles. The third-order valence-corrected chi connectivity index (χ3v) is 8.50. The second-order valence-electron chi connectivity index (χ2n) is 9.29. The molecule has 5 atom stereocenters. The van der Waals surface area contributed by atoms with Crippen molar-refractivity contribution in [1.82, 2.24) is 4.90 Å². The van der Waals surface area contributed by atoms with Gasteiger partial charge >= 0.3 is 0 Å². The molecule has 2 saturated carbocycles. The molecule has 2 nitrogen and oxygen atoms in total. The molecule has 0 radical (unpaired) electrons. The fourth-order valence-electron chi connectivity index (χ4n) is 6.88. The molecule has 5 unspecified atom stereocenters. The Balaban J connectivity index is 1.67. The molecule has 4 aliphatic rings. The minimum absolute atomic E-state index is 0.226. The molecule has 4 rings (SSSR count). The van der Waals surface area contributed by atoms with Crippen molar-refractivity contribution in [1.29, 1.82) is 0 Å². The molecule has 1 amide bonds. The monoisotopic (exact) mass is 327 g/mol. The highest BCUT2D eigenvalue weighted by Gasteiger charge is 2.56. The zero-order valence-corrected chi connectivity index (χ0v) is 15.9. The Morgan fingerprint density at radius 2 is 1.96 bits per heavy atom. The van der Waals surface area contributed by atoms with Crippen LogP contribution in [0, 0.1) is 28.6 Å². The Morgan fingerprint density at radius 1 is 1.17 bits per heavy atom. The number of rotatable bonds is 1. The van der Waals surface area contributed by atoms with Gasteiger partial charge in [-0.3, -0.25) is 4.79 Å². The minimum Gasteiger partial charge on any atom is -0.342 e. The van der Waals surface area contributed by atoms with E-state index in [1.54, 1.807) is 5.57 Å². The normalized spacial score (nSPS) is 44.9. The molecule has 1 aliphatic heterocycles. The standard InChI is InChI=1S/C22H33NO/c1-5-15-7-9-18-17-8-6-16-14-20(24)23(4)13-12-22(16,3)19(17)10-11-21(15,18)2/h7,14,17-19H,5-6,8-13H2,1-4H3. The molecule has 0 N–H and O–H groups in total. The van der Waals surface area contributed by atoms with Crippen molar-refractivity contribution in [2.24, 2.45) is 28.6 Å². The number of amides is 1. The van der Waals surface area contributed by atoms with Crippen LogP contribution in [0.4, 0.5) is 0 Å². The lowest BCUT2D eigenvalue weighted by Gasteiger charge is -2.57. The molecule has 0 saturated heterocycles. The fourth-order valence-corrected chi connectivity index (χ4v) is 6.88. The van der Waals surface area contributed by atoms with E-state index in [1.807, 2.05) is 18.0 Å². The second kappa shape index (κ2) is 5.47. The van der Waals surface area contributed by atoms with Crippen molar-refractivity contribution in [3.05, 3.63) is 23.3 Å². The van der Waals surface area contributed by atoms with Gasteiger partial charge in [-0.25, -0.2) is 0 Å². The number of likely N-dealkylation sites (N-methyl/N-ethyl adjacent to an activating group) is 1. The van der Waals surface area contributed by atoms with Crippen LogP contribution in [0.15, 0.2) is 23.3 Å². The summed E-state index contributed by atoms with van der Waals surface area (Å²) < 4.78 is 0. The lowest BCUT2D eigenvalue weighted by atomic mass is 9.47. The highest BCUT2D eigenvalue weighted by atomic mass is 16.2. The molecule has 2 fully saturated rings. The molecule has 1 heterocycles. The van der Waals surface area contributed by atoms with Crippen molar-refractivity contribution in [2.45, 2.75) is 65.7 Å². The molecular weight excluding hydrogens is 294 g/mol. The number of hydrogen-bond donors (Lipinski definition) is 0. The molecule has 132 valence electrons. The zero-order valence-electron chi connectivity index (χ0n) is 15.9. The first-order valence-corrected chi connectivity index (χ1v) is 10.1. The molecular formula is C22H33NO. The van der Waals surface area contributed by atoms with E-state index in [4.69, 9.17) is 0 Å². The number of hydrogen-bond acceptors (Lipinski definition) is 1. The molecule has 0 bridgehead atoms. The first-order chi connectivity index (χ1) is 11.4. The van der Waals surface area contributed by atoms with Gasteiger partial charge in [0.05, 0.1) is 0 Å². The average molecular weight is 328 g/mol. The predicted octanol–water partition coefficient (Wildman–Crippen LogP) is 4.96. The Kier molecular flexibility index (Phi) is 3.75. The fraction of sp³-hybridized carbons (Fsp3) is 0.773. The van der Waals surface area contributed by atoms with E-state index < -0.39 is 0 Å². The highest BCUT2D eigenvalue weighted by Crippen LogP contribution is 2.65. The second-order valence-corrected chi connectivity index (χ2v) is 9.29. The van der Waals surface area contributed by atoms with E-state index in [0.717, 1.165) is 37.1 Å². The van der Waals surface area contributed by atoms with Gasteiger partial charge < -0.3 is 4.90 Å². The Labute approximate surface area is 147 Å². The highest BCUT2D eigenvalue weighted by molar-refractivity contribution is 5.88. The van der Waals surface area contributed by atoms with Crippen molar-refractivity contribution in [3.63, 3.8) is 0 Å². The SMILES string of the molecule is CCC1=CCC2C3CCC4=CC(=O)N(C)CCC4(C)C3CCC12C. The molecule has 0 aromatic heterocycles. The van der Waals surface area contributed by atoms with Crippen LogP contribution >= 0.6 is 0 Å². The van der Waals surface area contributed by atoms with Gasteiger partial charge in [-0.1, -0.05) is 38.0 Å². The number of carbonyl (C=O) groups excluding carboxylic acids is 1. The van der Waals surface area contributed by atoms with Crippen LogP contribution in [0.3, 0.4) is 0 Å². The smallest absolute Gasteiger partial charge is 0.246 e. The van der Waals surface area contributed by atoms with Crippen LogP contribution < -0.4 is 0 Å². The van der Waals surface area contributed by atoms with Gasteiger partial charge in [0.1, 0.15) is 0 Å². The van der Waals surface area contributed by atoms with E-state index in [0.29, 0.717) is 5.41 Å². The molecule has 0 aromatic rings. The van der Waals surface area contributed by atoms with E-state index in [9.17, 15) is 4.79 Å². The maximum atomic E-state index is 12.3. The van der Waals surface area contributed by atoms with Crippen molar-refractivity contribution in [3.8, 4) is 0 Å². The summed E-state index contributed by atoms with van der Waals surface area (Å²) in [4.78, 5) is 14.2. The summed E-state index contributed by atoms with van der Waals surface area (Å²) in [5.41, 5.74) is 3.90. The summed E-state index contributed by atoms with van der Waals surface area (Å²) >= 11 is 0. The van der Waals surface area contributed by atoms with E-state index in [-0.39, 0.29) is 11.3 Å². The number of carbonyl (C=O) groups is 1. The molecule has 2 heteroatoms. The third kappa shape index (κ3) is 2.10. The van der Waals surface area contributed by atoms with E-state index >= 15 is 0 Å². The zero-order chi connectivity index (χ0) is 17.1. The maximum Gasteiger partial charge on any atom is 0.246 e. The van der Waals surface area contributed by atoms with Crippen LogP contribution in [0.5, 0.6) is 0 Å². The van der Waals surface area contributed by atoms with E-state index in [2.05, 4.69) is 26.8 Å². The quantitative estimate of drug-likeness (QED) is 0.623. The van der Waals surface area contributed by atoms with Crippen LogP contribution in [-0.4, -0.2) is 24.4 Å². The lowest BCUT2D eigenvalue weighted by Crippen LogP contribution is -2.49. The van der Waals surface area contributed by atoms with Crippen LogP contribution in [-0.2, 0) is 4.79 Å². The van der Waals surface area contributed by atoms with Crippen LogP contribution in [0.25, 0.3) is 0 Å². The Hall–Kier alpha value is -1.05. The molecule has 24 heavy (non-hydrogen) atoms. The van der Waals surface area contributed by atoms with Gasteiger partial charge in [0.15, 0.2) is 0 Å². The largest absolute Gasteiger partial charge is 0.342 e. The summed E-state index contributed by atoms with van der Waals surface area (Å²) in [6, 6.07) is 0. The average Bonchev–Trinajstić information content (AvgIpc) is 2.86. The van der Waals surface area contributed by atoms with Crippen molar-refractivity contribution in [2.75, 3.05) is 13.6 Å². The van der Waals surface area contributed by atoms with Gasteiger partial charge in [-0.15, -0.1) is 0 Å². The van der Waals surface area contributed by atoms with Gasteiger partial charge in [0.2, 0.25) is 5.91 Å². The summed E-state index contributed by atoms with van der Waals surface area (Å²) in [7, 11) is 1.96. The Bertz CT molecular complexity index is 617. The van der Waals surface area contributed by atoms with Crippen LogP contribution in [0.1, 0.15) is 65.7 Å². The van der Waals surface area contributed by atoms with E-state index in [1.165, 1.54) is 37.7 Å². The number of allylic oxidation sites excluding steroid dienone is 3. The summed E-state index contributed by atoms with van der Waals surface area (Å²) in [5.74, 6) is 2.70. The van der Waals surface area contributed by atoms with Crippen LogP contribution in [0.2, 0.25) is 0 Å². The number of fused-ring (bicyclic) bond motifs is 5. The first-order valence-electron chi connectivity index (χ1n) is 10.1. The number of nitrogens with zero attached hydrogens (tertiary/aromatic N) is 1. The summed E-state index contributed by atoms with van der Waals surface area (Å²) in [6.45, 7) is 8.28. The van der Waals surface area contributed by atoms with Gasteiger partial charge in [-0.2, -0.15) is 0 Å². The maximum absolute atomic E-state index is 12.3. The third-order valence-electron chi connectivity index (χ3n) is 8.50. The Morgan fingerprint density at radius 3 is 2.71 bits per heavy atom. The van der Waals surface area contributed by atoms with Crippen molar-refractivity contribution >= 4 is 5.91 Å². The van der Waals surface area contributed by atoms with Gasteiger partial charge in [-0.05, 0) is 73.5 Å².